The molecule has 0 amide bonds. The van der Waals surface area contributed by atoms with Crippen molar-refractivity contribution in [3.63, 3.8) is 0 Å². The quantitative estimate of drug-likeness (QED) is 0.894. The highest BCUT2D eigenvalue weighted by Crippen LogP contribution is 2.29. The average molecular weight is 337 g/mol. The number of hydrogen-bond acceptors (Lipinski definition) is 4. The highest BCUT2D eigenvalue weighted by Gasteiger charge is 2.21. The van der Waals surface area contributed by atoms with Gasteiger partial charge < -0.3 is 10.4 Å². The number of aliphatic carboxylic acids is 1. The van der Waals surface area contributed by atoms with Crippen LogP contribution in [0.4, 0.5) is 5.69 Å². The van der Waals surface area contributed by atoms with E-state index in [2.05, 4.69) is 21.2 Å². The highest BCUT2D eigenvalue weighted by molar-refractivity contribution is 9.10. The summed E-state index contributed by atoms with van der Waals surface area (Å²) < 4.78 is 0.661. The molecule has 0 spiro atoms. The summed E-state index contributed by atoms with van der Waals surface area (Å²) in [6.07, 6.45) is 0. The van der Waals surface area contributed by atoms with Gasteiger partial charge in [0.25, 0.3) is 0 Å². The number of benzene rings is 1. The van der Waals surface area contributed by atoms with Gasteiger partial charge in [0.1, 0.15) is 0 Å². The van der Waals surface area contributed by atoms with Crippen LogP contribution < -0.4 is 5.32 Å². The zero-order valence-corrected chi connectivity index (χ0v) is 12.0. The van der Waals surface area contributed by atoms with Crippen LogP contribution in [-0.2, 0) is 4.79 Å². The van der Waals surface area contributed by atoms with Crippen molar-refractivity contribution in [2.45, 2.75) is 6.04 Å². The van der Waals surface area contributed by atoms with Crippen molar-refractivity contribution in [3.05, 3.63) is 50.6 Å². The molecule has 2 rings (SSSR count). The summed E-state index contributed by atoms with van der Waals surface area (Å²) in [6.45, 7) is 0. The van der Waals surface area contributed by atoms with E-state index in [0.717, 1.165) is 4.88 Å². The Hall–Kier alpha value is -1.84. The van der Waals surface area contributed by atoms with Gasteiger partial charge in [0.15, 0.2) is 6.04 Å². The maximum atomic E-state index is 11.3. The van der Waals surface area contributed by atoms with Crippen LogP contribution in [-0.4, -0.2) is 11.1 Å². The van der Waals surface area contributed by atoms with E-state index >= 15 is 0 Å². The fraction of sp³-hybridized carbons (Fsp3) is 0.0769. The van der Waals surface area contributed by atoms with Gasteiger partial charge in [-0.2, -0.15) is 5.26 Å². The smallest absolute Gasteiger partial charge is 0.331 e. The van der Waals surface area contributed by atoms with Crippen LogP contribution in [0.1, 0.15) is 16.5 Å². The first-order chi connectivity index (χ1) is 9.11. The first kappa shape index (κ1) is 13.6. The third kappa shape index (κ3) is 3.13. The van der Waals surface area contributed by atoms with E-state index in [0.29, 0.717) is 15.7 Å². The number of hydrogen-bond donors (Lipinski definition) is 2. The molecule has 0 bridgehead atoms. The number of halogens is 1. The summed E-state index contributed by atoms with van der Waals surface area (Å²) in [5, 5.41) is 22.9. The van der Waals surface area contributed by atoms with Crippen LogP contribution in [0.5, 0.6) is 0 Å². The van der Waals surface area contributed by atoms with Crippen LogP contribution in [0.25, 0.3) is 0 Å². The lowest BCUT2D eigenvalue weighted by Gasteiger charge is -2.15. The maximum Gasteiger partial charge on any atom is 0.331 e. The molecule has 0 fully saturated rings. The predicted molar refractivity (Wildman–Crippen MR) is 77.2 cm³/mol. The number of carbonyl (C=O) groups is 1. The number of thiophene rings is 1. The molecule has 19 heavy (non-hydrogen) atoms. The van der Waals surface area contributed by atoms with Gasteiger partial charge in [0.2, 0.25) is 0 Å². The number of nitrogens with one attached hydrogen (secondary N) is 1. The monoisotopic (exact) mass is 336 g/mol. The number of carboxylic acids is 1. The van der Waals surface area contributed by atoms with Gasteiger partial charge in [0.05, 0.1) is 11.6 Å². The van der Waals surface area contributed by atoms with E-state index in [4.69, 9.17) is 5.26 Å². The number of anilines is 1. The van der Waals surface area contributed by atoms with Crippen molar-refractivity contribution in [2.75, 3.05) is 5.32 Å². The molecule has 2 aromatic rings. The zero-order chi connectivity index (χ0) is 13.8. The Labute approximate surface area is 122 Å². The van der Waals surface area contributed by atoms with Gasteiger partial charge in [-0.3, -0.25) is 0 Å². The SMILES string of the molecule is N#Cc1ccc(NC(C(=O)O)c2cccs2)c(Br)c1. The lowest BCUT2D eigenvalue weighted by atomic mass is 10.2. The topological polar surface area (TPSA) is 73.1 Å². The third-order valence-electron chi connectivity index (χ3n) is 2.47. The molecule has 0 aliphatic heterocycles. The Morgan fingerprint density at radius 1 is 1.47 bits per heavy atom. The second-order valence-electron chi connectivity index (χ2n) is 3.74. The minimum absolute atomic E-state index is 0.514. The fourth-order valence-corrected chi connectivity index (χ4v) is 2.83. The molecular formula is C13H9BrN2O2S. The maximum absolute atomic E-state index is 11.3. The molecule has 1 heterocycles. The molecule has 1 aromatic carbocycles. The normalized spacial score (nSPS) is 11.6. The minimum Gasteiger partial charge on any atom is -0.479 e. The van der Waals surface area contributed by atoms with Gasteiger partial charge >= 0.3 is 5.97 Å². The van der Waals surface area contributed by atoms with E-state index in [-0.39, 0.29) is 0 Å². The van der Waals surface area contributed by atoms with Crippen molar-refractivity contribution in [2.24, 2.45) is 0 Å². The molecule has 2 N–H and O–H groups in total. The zero-order valence-electron chi connectivity index (χ0n) is 9.63. The van der Waals surface area contributed by atoms with E-state index in [1.165, 1.54) is 11.3 Å². The van der Waals surface area contributed by atoms with Crippen molar-refractivity contribution < 1.29 is 9.90 Å². The average Bonchev–Trinajstić information content (AvgIpc) is 2.90. The van der Waals surface area contributed by atoms with Gasteiger partial charge in [-0.25, -0.2) is 4.79 Å². The van der Waals surface area contributed by atoms with Gasteiger partial charge in [-0.05, 0) is 45.6 Å². The van der Waals surface area contributed by atoms with E-state index in [9.17, 15) is 9.90 Å². The minimum atomic E-state index is -0.946. The van der Waals surface area contributed by atoms with Crippen molar-refractivity contribution in [3.8, 4) is 6.07 Å². The number of carboxylic acid groups (broad SMARTS) is 1. The summed E-state index contributed by atoms with van der Waals surface area (Å²) >= 11 is 4.71. The van der Waals surface area contributed by atoms with Gasteiger partial charge in [0, 0.05) is 15.0 Å². The van der Waals surface area contributed by atoms with Gasteiger partial charge in [-0.1, -0.05) is 6.07 Å². The van der Waals surface area contributed by atoms with E-state index < -0.39 is 12.0 Å². The van der Waals surface area contributed by atoms with Crippen molar-refractivity contribution in [1.29, 1.82) is 5.26 Å². The van der Waals surface area contributed by atoms with Crippen LogP contribution in [0.15, 0.2) is 40.2 Å². The molecule has 1 aromatic heterocycles. The Kier molecular flexibility index (Phi) is 4.20. The number of nitrogens with zero attached hydrogens (tertiary/aromatic N) is 1. The Morgan fingerprint density at radius 3 is 2.79 bits per heavy atom. The summed E-state index contributed by atoms with van der Waals surface area (Å²) in [6, 6.07) is 9.78. The van der Waals surface area contributed by atoms with Crippen LogP contribution >= 0.6 is 27.3 Å². The Balaban J connectivity index is 2.28. The largest absolute Gasteiger partial charge is 0.479 e. The second kappa shape index (κ2) is 5.87. The fourth-order valence-electron chi connectivity index (χ4n) is 1.57. The molecule has 0 saturated heterocycles. The molecule has 4 nitrogen and oxygen atoms in total. The lowest BCUT2D eigenvalue weighted by Crippen LogP contribution is -2.19. The molecule has 0 aliphatic carbocycles. The van der Waals surface area contributed by atoms with Crippen LogP contribution in [0.3, 0.4) is 0 Å². The van der Waals surface area contributed by atoms with E-state index in [1.807, 2.05) is 17.5 Å². The molecule has 0 aliphatic rings. The first-order valence-electron chi connectivity index (χ1n) is 5.34. The molecule has 96 valence electrons. The number of nitriles is 1. The molecule has 6 heteroatoms. The first-order valence-corrected chi connectivity index (χ1v) is 7.01. The van der Waals surface area contributed by atoms with Crippen molar-refractivity contribution in [1.82, 2.24) is 0 Å². The molecule has 0 saturated carbocycles. The molecular weight excluding hydrogens is 328 g/mol. The summed E-state index contributed by atoms with van der Waals surface area (Å²) in [5.74, 6) is -0.946. The lowest BCUT2D eigenvalue weighted by molar-refractivity contribution is -0.138. The van der Waals surface area contributed by atoms with Crippen LogP contribution in [0, 0.1) is 11.3 Å². The molecule has 1 atom stereocenters. The summed E-state index contributed by atoms with van der Waals surface area (Å²) in [4.78, 5) is 12.0. The second-order valence-corrected chi connectivity index (χ2v) is 5.57. The summed E-state index contributed by atoms with van der Waals surface area (Å²) in [5.41, 5.74) is 1.15. The predicted octanol–water partition coefficient (Wildman–Crippen LogP) is 3.62. The number of rotatable bonds is 4. The highest BCUT2D eigenvalue weighted by atomic mass is 79.9. The standard InChI is InChI=1S/C13H9BrN2O2S/c14-9-6-8(7-15)3-4-10(9)16-12(13(17)18)11-2-1-5-19-11/h1-6,12,16H,(H,17,18). The van der Waals surface area contributed by atoms with E-state index in [1.54, 1.807) is 24.3 Å². The molecule has 0 radical (unpaired) electrons. The Bertz CT molecular complexity index is 635. The van der Waals surface area contributed by atoms with Crippen LogP contribution in [0.2, 0.25) is 0 Å². The Morgan fingerprint density at radius 2 is 2.26 bits per heavy atom. The van der Waals surface area contributed by atoms with Gasteiger partial charge in [-0.15, -0.1) is 11.3 Å². The van der Waals surface area contributed by atoms with Crippen molar-refractivity contribution >= 4 is 38.9 Å². The molecule has 1 unspecified atom stereocenters. The third-order valence-corrected chi connectivity index (χ3v) is 4.07. The summed E-state index contributed by atoms with van der Waals surface area (Å²) in [7, 11) is 0.